The van der Waals surface area contributed by atoms with Crippen molar-refractivity contribution < 1.29 is 14.4 Å². The van der Waals surface area contributed by atoms with Gasteiger partial charge in [0.05, 0.1) is 0 Å². The molecule has 1 N–H and O–H groups in total. The van der Waals surface area contributed by atoms with Crippen LogP contribution in [0, 0.1) is 5.92 Å². The summed E-state index contributed by atoms with van der Waals surface area (Å²) in [5, 5.41) is 2.80. The molecule has 116 valence electrons. The SMILES string of the molecule is CC1(C)C(=O)NCCN1C(=O)C1CCCN1C(=O)C1CC1. The highest BCUT2D eigenvalue weighted by molar-refractivity contribution is 5.95. The first-order chi connectivity index (χ1) is 9.93. The molecule has 0 radical (unpaired) electrons. The molecule has 1 atom stereocenters. The fraction of sp³-hybridized carbons (Fsp3) is 0.800. The fourth-order valence-electron chi connectivity index (χ4n) is 3.32. The number of hydrogen-bond acceptors (Lipinski definition) is 3. The molecule has 1 unspecified atom stereocenters. The maximum absolute atomic E-state index is 12.9. The van der Waals surface area contributed by atoms with Crippen LogP contribution in [0.15, 0.2) is 0 Å². The van der Waals surface area contributed by atoms with Crippen LogP contribution in [0.1, 0.15) is 39.5 Å². The quantitative estimate of drug-likeness (QED) is 0.786. The van der Waals surface area contributed by atoms with E-state index < -0.39 is 5.54 Å². The monoisotopic (exact) mass is 293 g/mol. The summed E-state index contributed by atoms with van der Waals surface area (Å²) in [4.78, 5) is 40.6. The van der Waals surface area contributed by atoms with E-state index in [4.69, 9.17) is 0 Å². The molecule has 3 rings (SSSR count). The lowest BCUT2D eigenvalue weighted by molar-refractivity contribution is -0.154. The molecule has 6 heteroatoms. The van der Waals surface area contributed by atoms with Gasteiger partial charge in [-0.25, -0.2) is 0 Å². The average molecular weight is 293 g/mol. The molecule has 3 aliphatic rings. The Balaban J connectivity index is 1.77. The van der Waals surface area contributed by atoms with Gasteiger partial charge in [-0.15, -0.1) is 0 Å². The molecule has 21 heavy (non-hydrogen) atoms. The Bertz CT molecular complexity index is 485. The molecule has 6 nitrogen and oxygen atoms in total. The minimum absolute atomic E-state index is 0.0682. The van der Waals surface area contributed by atoms with Gasteiger partial charge < -0.3 is 15.1 Å². The number of piperazine rings is 1. The van der Waals surface area contributed by atoms with Crippen LogP contribution in [-0.4, -0.2) is 58.7 Å². The summed E-state index contributed by atoms with van der Waals surface area (Å²) in [6.07, 6.45) is 3.49. The lowest BCUT2D eigenvalue weighted by Crippen LogP contribution is -2.66. The molecular weight excluding hydrogens is 270 g/mol. The van der Waals surface area contributed by atoms with Gasteiger partial charge in [0.25, 0.3) is 0 Å². The van der Waals surface area contributed by atoms with Gasteiger partial charge in [-0.2, -0.15) is 0 Å². The average Bonchev–Trinajstić information content (AvgIpc) is 3.17. The highest BCUT2D eigenvalue weighted by Crippen LogP contribution is 2.34. The molecule has 3 amide bonds. The Morgan fingerprint density at radius 2 is 1.86 bits per heavy atom. The molecule has 0 bridgehead atoms. The van der Waals surface area contributed by atoms with Crippen molar-refractivity contribution in [2.45, 2.75) is 51.1 Å². The second-order valence-corrected chi connectivity index (χ2v) is 6.77. The summed E-state index contributed by atoms with van der Waals surface area (Å²) in [6, 6.07) is -0.372. The first-order valence-electron chi connectivity index (χ1n) is 7.83. The second kappa shape index (κ2) is 5.00. The smallest absolute Gasteiger partial charge is 0.246 e. The summed E-state index contributed by atoms with van der Waals surface area (Å²) in [5.74, 6) is 0.0719. The Morgan fingerprint density at radius 1 is 1.14 bits per heavy atom. The first kappa shape index (κ1) is 14.4. The predicted octanol–water partition coefficient (Wildman–Crippen LogP) is 0.124. The molecule has 1 aliphatic carbocycles. The van der Waals surface area contributed by atoms with Gasteiger partial charge in [-0.1, -0.05) is 0 Å². The molecule has 2 aliphatic heterocycles. The highest BCUT2D eigenvalue weighted by atomic mass is 16.2. The standard InChI is InChI=1S/C15H23N3O3/c1-15(2)14(21)16-7-9-18(15)13(20)11-4-3-8-17(11)12(19)10-5-6-10/h10-11H,3-9H2,1-2H3,(H,16,21). The van der Waals surface area contributed by atoms with Crippen LogP contribution in [0.25, 0.3) is 0 Å². The van der Waals surface area contributed by atoms with Gasteiger partial charge >= 0.3 is 0 Å². The lowest BCUT2D eigenvalue weighted by atomic mass is 9.97. The van der Waals surface area contributed by atoms with Crippen LogP contribution in [-0.2, 0) is 14.4 Å². The number of amides is 3. The van der Waals surface area contributed by atoms with Crippen molar-refractivity contribution >= 4 is 17.7 Å². The van der Waals surface area contributed by atoms with Crippen molar-refractivity contribution in [1.29, 1.82) is 0 Å². The Kier molecular flexibility index (Phi) is 3.42. The third-order valence-electron chi connectivity index (χ3n) is 4.86. The van der Waals surface area contributed by atoms with Gasteiger partial charge in [0, 0.05) is 25.6 Å². The molecule has 2 saturated heterocycles. The number of hydrogen-bond donors (Lipinski definition) is 1. The van der Waals surface area contributed by atoms with E-state index in [0.717, 1.165) is 19.3 Å². The summed E-state index contributed by atoms with van der Waals surface area (Å²) < 4.78 is 0. The zero-order valence-corrected chi connectivity index (χ0v) is 12.7. The predicted molar refractivity (Wildman–Crippen MR) is 76.3 cm³/mol. The van der Waals surface area contributed by atoms with E-state index in [9.17, 15) is 14.4 Å². The largest absolute Gasteiger partial charge is 0.352 e. The van der Waals surface area contributed by atoms with Gasteiger partial charge in [0.1, 0.15) is 11.6 Å². The van der Waals surface area contributed by atoms with Crippen molar-refractivity contribution in [2.24, 2.45) is 5.92 Å². The van der Waals surface area contributed by atoms with Crippen LogP contribution in [0.4, 0.5) is 0 Å². The minimum atomic E-state index is -0.841. The van der Waals surface area contributed by atoms with E-state index in [1.807, 2.05) is 0 Å². The normalized spacial score (nSPS) is 28.5. The number of carbonyl (C=O) groups excluding carboxylic acids is 3. The summed E-state index contributed by atoms with van der Waals surface area (Å²) >= 11 is 0. The number of nitrogens with one attached hydrogen (secondary N) is 1. The van der Waals surface area contributed by atoms with Crippen molar-refractivity contribution in [2.75, 3.05) is 19.6 Å². The number of rotatable bonds is 2. The van der Waals surface area contributed by atoms with E-state index in [-0.39, 0.29) is 29.7 Å². The van der Waals surface area contributed by atoms with E-state index in [2.05, 4.69) is 5.32 Å². The van der Waals surface area contributed by atoms with E-state index in [1.165, 1.54) is 0 Å². The molecule has 2 heterocycles. The van der Waals surface area contributed by atoms with E-state index in [1.54, 1.807) is 23.6 Å². The molecule has 0 aromatic carbocycles. The number of carbonyl (C=O) groups is 3. The fourth-order valence-corrected chi connectivity index (χ4v) is 3.32. The zero-order chi connectivity index (χ0) is 15.2. The number of nitrogens with zero attached hydrogens (tertiary/aromatic N) is 2. The Morgan fingerprint density at radius 3 is 2.52 bits per heavy atom. The van der Waals surface area contributed by atoms with Gasteiger partial charge in [0.15, 0.2) is 0 Å². The summed E-state index contributed by atoms with van der Waals surface area (Å²) in [7, 11) is 0. The van der Waals surface area contributed by atoms with Gasteiger partial charge in [0.2, 0.25) is 17.7 Å². The molecule has 3 fully saturated rings. The van der Waals surface area contributed by atoms with E-state index >= 15 is 0 Å². The number of likely N-dealkylation sites (tertiary alicyclic amines) is 1. The van der Waals surface area contributed by atoms with Crippen molar-refractivity contribution in [3.63, 3.8) is 0 Å². The highest BCUT2D eigenvalue weighted by Gasteiger charge is 2.47. The maximum Gasteiger partial charge on any atom is 0.246 e. The third-order valence-corrected chi connectivity index (χ3v) is 4.86. The molecule has 1 saturated carbocycles. The first-order valence-corrected chi connectivity index (χ1v) is 7.83. The van der Waals surface area contributed by atoms with Gasteiger partial charge in [-0.3, -0.25) is 14.4 Å². The molecule has 0 spiro atoms. The summed E-state index contributed by atoms with van der Waals surface area (Å²) in [6.45, 7) is 5.20. The van der Waals surface area contributed by atoms with Crippen LogP contribution in [0.3, 0.4) is 0 Å². The third kappa shape index (κ3) is 2.40. The van der Waals surface area contributed by atoms with E-state index in [0.29, 0.717) is 26.1 Å². The van der Waals surface area contributed by atoms with Gasteiger partial charge in [-0.05, 0) is 39.5 Å². The van der Waals surface area contributed by atoms with Crippen molar-refractivity contribution in [1.82, 2.24) is 15.1 Å². The maximum atomic E-state index is 12.9. The molecule has 0 aromatic rings. The van der Waals surface area contributed by atoms with Crippen LogP contribution >= 0.6 is 0 Å². The minimum Gasteiger partial charge on any atom is -0.352 e. The summed E-state index contributed by atoms with van der Waals surface area (Å²) in [5.41, 5.74) is -0.841. The second-order valence-electron chi connectivity index (χ2n) is 6.77. The van der Waals surface area contributed by atoms with Crippen LogP contribution in [0.5, 0.6) is 0 Å². The zero-order valence-electron chi connectivity index (χ0n) is 12.7. The molecular formula is C15H23N3O3. The lowest BCUT2D eigenvalue weighted by Gasteiger charge is -2.43. The Labute approximate surface area is 124 Å². The van der Waals surface area contributed by atoms with Crippen molar-refractivity contribution in [3.05, 3.63) is 0 Å². The van der Waals surface area contributed by atoms with Crippen molar-refractivity contribution in [3.8, 4) is 0 Å². The topological polar surface area (TPSA) is 69.7 Å². The Hall–Kier alpha value is -1.59. The van der Waals surface area contributed by atoms with Crippen LogP contribution < -0.4 is 5.32 Å². The molecule has 0 aromatic heterocycles. The van der Waals surface area contributed by atoms with Crippen LogP contribution in [0.2, 0.25) is 0 Å².